The number of aryl methyl sites for hydroxylation is 2. The highest BCUT2D eigenvalue weighted by atomic mass is 16.6. The molecule has 1 N–H and O–H groups in total. The lowest BCUT2D eigenvalue weighted by molar-refractivity contribution is -0.384. The van der Waals surface area contributed by atoms with Gasteiger partial charge < -0.3 is 9.84 Å². The van der Waals surface area contributed by atoms with Gasteiger partial charge in [-0.05, 0) is 37.1 Å². The molecule has 0 saturated heterocycles. The van der Waals surface area contributed by atoms with Crippen LogP contribution >= 0.6 is 0 Å². The molecule has 0 aliphatic rings. The summed E-state index contributed by atoms with van der Waals surface area (Å²) in [5, 5.41) is 19.9. The number of carboxylic acid groups (broad SMARTS) is 1. The lowest BCUT2D eigenvalue weighted by atomic mass is 10.1. The quantitative estimate of drug-likeness (QED) is 0.684. The van der Waals surface area contributed by atoms with E-state index >= 15 is 0 Å². The van der Waals surface area contributed by atoms with Gasteiger partial charge in [0.15, 0.2) is 0 Å². The van der Waals surface area contributed by atoms with Crippen molar-refractivity contribution >= 4 is 11.7 Å². The maximum Gasteiger partial charge on any atom is 0.339 e. The average molecular weight is 287 g/mol. The van der Waals surface area contributed by atoms with Crippen LogP contribution in [0.3, 0.4) is 0 Å². The summed E-state index contributed by atoms with van der Waals surface area (Å²) < 4.78 is 5.61. The standard InChI is InChI=1S/C15H13NO5/c1-9-3-4-10(2)14(7-9)21-13-6-5-11(16(19)20)8-12(13)15(17)18/h3-8H,1-2H3,(H,17,18). The monoisotopic (exact) mass is 287 g/mol. The van der Waals surface area contributed by atoms with E-state index in [0.29, 0.717) is 5.75 Å². The molecule has 0 saturated carbocycles. The molecule has 0 radical (unpaired) electrons. The zero-order valence-corrected chi connectivity index (χ0v) is 11.5. The molecule has 6 heteroatoms. The van der Waals surface area contributed by atoms with Gasteiger partial charge >= 0.3 is 5.97 Å². The van der Waals surface area contributed by atoms with Crippen molar-refractivity contribution in [1.29, 1.82) is 0 Å². The van der Waals surface area contributed by atoms with Crippen LogP contribution in [-0.4, -0.2) is 16.0 Å². The molecule has 6 nitrogen and oxygen atoms in total. The number of benzene rings is 2. The number of ether oxygens (including phenoxy) is 1. The van der Waals surface area contributed by atoms with Crippen molar-refractivity contribution in [1.82, 2.24) is 0 Å². The molecule has 0 bridgehead atoms. The Morgan fingerprint density at radius 3 is 2.48 bits per heavy atom. The Labute approximate surface area is 120 Å². The summed E-state index contributed by atoms with van der Waals surface area (Å²) in [5.41, 5.74) is 1.27. The minimum Gasteiger partial charge on any atom is -0.478 e. The van der Waals surface area contributed by atoms with Gasteiger partial charge in [-0.25, -0.2) is 4.79 Å². The Bertz CT molecular complexity index is 724. The summed E-state index contributed by atoms with van der Waals surface area (Å²) in [5.74, 6) is -0.688. The highest BCUT2D eigenvalue weighted by Crippen LogP contribution is 2.31. The number of nitro groups is 1. The van der Waals surface area contributed by atoms with Gasteiger partial charge in [-0.2, -0.15) is 0 Å². The molecule has 108 valence electrons. The van der Waals surface area contributed by atoms with E-state index in [0.717, 1.165) is 17.2 Å². The average Bonchev–Trinajstić information content (AvgIpc) is 2.42. The van der Waals surface area contributed by atoms with Gasteiger partial charge in [0.05, 0.1) is 4.92 Å². The fraction of sp³-hybridized carbons (Fsp3) is 0.133. The minimum absolute atomic E-state index is 0.0711. The van der Waals surface area contributed by atoms with Crippen LogP contribution in [0, 0.1) is 24.0 Å². The molecule has 0 aromatic heterocycles. The first-order chi connectivity index (χ1) is 9.88. The van der Waals surface area contributed by atoms with E-state index in [2.05, 4.69) is 0 Å². The molecule has 21 heavy (non-hydrogen) atoms. The molecule has 0 fully saturated rings. The second-order valence-electron chi connectivity index (χ2n) is 4.61. The molecule has 0 unspecified atom stereocenters. The van der Waals surface area contributed by atoms with Crippen molar-refractivity contribution in [3.8, 4) is 11.5 Å². The zero-order valence-electron chi connectivity index (χ0n) is 11.5. The van der Waals surface area contributed by atoms with E-state index in [1.165, 1.54) is 12.1 Å². The molecule has 0 aliphatic carbocycles. The van der Waals surface area contributed by atoms with Crippen LogP contribution in [-0.2, 0) is 0 Å². The van der Waals surface area contributed by atoms with Gasteiger partial charge in [0.2, 0.25) is 0 Å². The summed E-state index contributed by atoms with van der Waals surface area (Å²) in [4.78, 5) is 21.3. The third-order valence-electron chi connectivity index (χ3n) is 2.97. The van der Waals surface area contributed by atoms with Crippen molar-refractivity contribution in [2.24, 2.45) is 0 Å². The predicted octanol–water partition coefficient (Wildman–Crippen LogP) is 3.70. The van der Waals surface area contributed by atoms with E-state index in [1.807, 2.05) is 26.0 Å². The fourth-order valence-electron chi connectivity index (χ4n) is 1.82. The van der Waals surface area contributed by atoms with Gasteiger partial charge in [-0.3, -0.25) is 10.1 Å². The van der Waals surface area contributed by atoms with Gasteiger partial charge in [-0.15, -0.1) is 0 Å². The lowest BCUT2D eigenvalue weighted by Gasteiger charge is -2.11. The van der Waals surface area contributed by atoms with Crippen LogP contribution in [0.5, 0.6) is 11.5 Å². The van der Waals surface area contributed by atoms with Gasteiger partial charge in [-0.1, -0.05) is 12.1 Å². The van der Waals surface area contributed by atoms with Crippen LogP contribution in [0.25, 0.3) is 0 Å². The number of non-ortho nitro benzene ring substituents is 1. The lowest BCUT2D eigenvalue weighted by Crippen LogP contribution is -2.02. The van der Waals surface area contributed by atoms with Crippen LogP contribution < -0.4 is 4.74 Å². The molecular formula is C15H13NO5. The van der Waals surface area contributed by atoms with Gasteiger partial charge in [0.1, 0.15) is 17.1 Å². The molecule has 0 spiro atoms. The molecule has 2 aromatic rings. The molecule has 0 aliphatic heterocycles. The number of hydrogen-bond acceptors (Lipinski definition) is 4. The maximum absolute atomic E-state index is 11.2. The number of nitrogens with zero attached hydrogens (tertiary/aromatic N) is 1. The summed E-state index contributed by atoms with van der Waals surface area (Å²) in [7, 11) is 0. The number of carboxylic acids is 1. The van der Waals surface area contributed by atoms with Crippen LogP contribution in [0.15, 0.2) is 36.4 Å². The summed E-state index contributed by atoms with van der Waals surface area (Å²) in [6.45, 7) is 3.72. The third-order valence-corrected chi connectivity index (χ3v) is 2.97. The van der Waals surface area contributed by atoms with Crippen molar-refractivity contribution in [3.05, 3.63) is 63.2 Å². The number of aromatic carboxylic acids is 1. The van der Waals surface area contributed by atoms with E-state index < -0.39 is 10.9 Å². The van der Waals surface area contributed by atoms with E-state index in [9.17, 15) is 20.0 Å². The van der Waals surface area contributed by atoms with Crippen LogP contribution in [0.2, 0.25) is 0 Å². The third kappa shape index (κ3) is 3.17. The Morgan fingerprint density at radius 2 is 1.86 bits per heavy atom. The van der Waals surface area contributed by atoms with Crippen LogP contribution in [0.1, 0.15) is 21.5 Å². The predicted molar refractivity (Wildman–Crippen MR) is 76.0 cm³/mol. The van der Waals surface area contributed by atoms with E-state index in [-0.39, 0.29) is 17.0 Å². The molecular weight excluding hydrogens is 274 g/mol. The Hall–Kier alpha value is -2.89. The summed E-state index contributed by atoms with van der Waals surface area (Å²) in [6, 6.07) is 9.05. The Balaban J connectivity index is 2.46. The highest BCUT2D eigenvalue weighted by Gasteiger charge is 2.18. The first-order valence-corrected chi connectivity index (χ1v) is 6.15. The summed E-state index contributed by atoms with van der Waals surface area (Å²) >= 11 is 0. The topological polar surface area (TPSA) is 89.7 Å². The second-order valence-corrected chi connectivity index (χ2v) is 4.61. The SMILES string of the molecule is Cc1ccc(C)c(Oc2ccc([N+](=O)[O-])cc2C(=O)O)c1. The fourth-order valence-corrected chi connectivity index (χ4v) is 1.82. The molecule has 2 rings (SSSR count). The van der Waals surface area contributed by atoms with E-state index in [1.54, 1.807) is 6.07 Å². The second kappa shape index (κ2) is 5.62. The van der Waals surface area contributed by atoms with Gasteiger partial charge in [0.25, 0.3) is 5.69 Å². The normalized spacial score (nSPS) is 10.2. The Morgan fingerprint density at radius 1 is 1.14 bits per heavy atom. The van der Waals surface area contributed by atoms with Gasteiger partial charge in [0, 0.05) is 12.1 Å². The zero-order chi connectivity index (χ0) is 15.6. The van der Waals surface area contributed by atoms with E-state index in [4.69, 9.17) is 4.74 Å². The molecule has 2 aromatic carbocycles. The number of rotatable bonds is 4. The van der Waals surface area contributed by atoms with Crippen LogP contribution in [0.4, 0.5) is 5.69 Å². The van der Waals surface area contributed by atoms with Crippen molar-refractivity contribution in [3.63, 3.8) is 0 Å². The smallest absolute Gasteiger partial charge is 0.339 e. The number of nitro benzene ring substituents is 1. The summed E-state index contributed by atoms with van der Waals surface area (Å²) in [6.07, 6.45) is 0. The van der Waals surface area contributed by atoms with Crippen molar-refractivity contribution < 1.29 is 19.6 Å². The molecule has 0 heterocycles. The molecule has 0 atom stereocenters. The largest absolute Gasteiger partial charge is 0.478 e. The minimum atomic E-state index is -1.28. The number of carbonyl (C=O) groups is 1. The first kappa shape index (κ1) is 14.5. The first-order valence-electron chi connectivity index (χ1n) is 6.15. The molecule has 0 amide bonds. The maximum atomic E-state index is 11.2. The Kier molecular flexibility index (Phi) is 3.89. The number of hydrogen-bond donors (Lipinski definition) is 1. The van der Waals surface area contributed by atoms with Crippen molar-refractivity contribution in [2.75, 3.05) is 0 Å². The van der Waals surface area contributed by atoms with Crippen molar-refractivity contribution in [2.45, 2.75) is 13.8 Å². The highest BCUT2D eigenvalue weighted by molar-refractivity contribution is 5.91.